The Balaban J connectivity index is 3.93. The Morgan fingerprint density at radius 2 is 1.33 bits per heavy atom. The van der Waals surface area contributed by atoms with Crippen LogP contribution < -0.4 is 0 Å². The van der Waals surface area contributed by atoms with Crippen molar-refractivity contribution in [2.45, 2.75) is 79.2 Å². The predicted molar refractivity (Wildman–Crippen MR) is 95.5 cm³/mol. The normalized spacial score (nSPS) is 14.0. The standard InChI is InChI=1S/C20H34O/c1-16(2)10-7-11-18(5)12-8-13-19(6)14-9-15-20(21)17(3)4/h10,12,14,20-21H,3,7-9,11,13,15H2,1-2,4-6H3/b18-12+,19-14+. The Kier molecular flexibility index (Phi) is 11.0. The molecule has 1 nitrogen and oxygen atoms in total. The lowest BCUT2D eigenvalue weighted by molar-refractivity contribution is 0.202. The van der Waals surface area contributed by atoms with E-state index in [9.17, 15) is 5.11 Å². The van der Waals surface area contributed by atoms with Crippen LogP contribution in [0, 0.1) is 0 Å². The maximum absolute atomic E-state index is 9.67. The minimum absolute atomic E-state index is 0.355. The molecule has 1 heteroatoms. The van der Waals surface area contributed by atoms with Gasteiger partial charge in [-0.15, -0.1) is 0 Å². The molecule has 0 aromatic heterocycles. The topological polar surface area (TPSA) is 20.2 Å². The van der Waals surface area contributed by atoms with E-state index in [1.807, 2.05) is 6.92 Å². The van der Waals surface area contributed by atoms with Crippen LogP contribution in [0.1, 0.15) is 73.1 Å². The first-order valence-corrected chi connectivity index (χ1v) is 8.11. The van der Waals surface area contributed by atoms with Gasteiger partial charge in [0.05, 0.1) is 6.10 Å². The number of aliphatic hydroxyl groups is 1. The molecule has 0 saturated heterocycles. The number of rotatable bonds is 10. The third-order valence-electron chi connectivity index (χ3n) is 3.62. The molecule has 21 heavy (non-hydrogen) atoms. The Labute approximate surface area is 132 Å². The van der Waals surface area contributed by atoms with Crippen molar-refractivity contribution in [1.29, 1.82) is 0 Å². The minimum Gasteiger partial charge on any atom is -0.389 e. The Hall–Kier alpha value is -1.08. The van der Waals surface area contributed by atoms with Crippen molar-refractivity contribution >= 4 is 0 Å². The first-order valence-electron chi connectivity index (χ1n) is 8.11. The number of aliphatic hydroxyl groups excluding tert-OH is 1. The van der Waals surface area contributed by atoms with Gasteiger partial charge in [-0.2, -0.15) is 0 Å². The molecule has 1 N–H and O–H groups in total. The van der Waals surface area contributed by atoms with Gasteiger partial charge >= 0.3 is 0 Å². The second kappa shape index (κ2) is 11.6. The number of hydrogen-bond donors (Lipinski definition) is 1. The highest BCUT2D eigenvalue weighted by Gasteiger charge is 2.02. The zero-order valence-corrected chi connectivity index (χ0v) is 14.7. The number of allylic oxidation sites excluding steroid dienone is 6. The fourth-order valence-electron chi connectivity index (χ4n) is 2.07. The molecule has 0 amide bonds. The van der Waals surface area contributed by atoms with Gasteiger partial charge in [-0.05, 0) is 73.1 Å². The van der Waals surface area contributed by atoms with E-state index in [2.05, 4.69) is 52.5 Å². The van der Waals surface area contributed by atoms with Crippen LogP contribution >= 0.6 is 0 Å². The van der Waals surface area contributed by atoms with Gasteiger partial charge in [0.2, 0.25) is 0 Å². The Morgan fingerprint density at radius 1 is 0.857 bits per heavy atom. The maximum Gasteiger partial charge on any atom is 0.0747 e. The highest BCUT2D eigenvalue weighted by molar-refractivity contribution is 5.06. The van der Waals surface area contributed by atoms with Crippen molar-refractivity contribution in [2.75, 3.05) is 0 Å². The van der Waals surface area contributed by atoms with E-state index in [4.69, 9.17) is 0 Å². The molecule has 0 aromatic rings. The summed E-state index contributed by atoms with van der Waals surface area (Å²) < 4.78 is 0. The average molecular weight is 290 g/mol. The van der Waals surface area contributed by atoms with Crippen LogP contribution in [0.3, 0.4) is 0 Å². The van der Waals surface area contributed by atoms with E-state index in [1.165, 1.54) is 23.1 Å². The van der Waals surface area contributed by atoms with Crippen LogP contribution in [0.15, 0.2) is 47.1 Å². The zero-order valence-electron chi connectivity index (χ0n) is 14.7. The van der Waals surface area contributed by atoms with Gasteiger partial charge < -0.3 is 5.11 Å². The van der Waals surface area contributed by atoms with Gasteiger partial charge in [-0.3, -0.25) is 0 Å². The number of hydrogen-bond acceptors (Lipinski definition) is 1. The molecule has 0 aliphatic rings. The van der Waals surface area contributed by atoms with Crippen molar-refractivity contribution in [2.24, 2.45) is 0 Å². The fourth-order valence-corrected chi connectivity index (χ4v) is 2.07. The highest BCUT2D eigenvalue weighted by Crippen LogP contribution is 2.13. The first-order chi connectivity index (χ1) is 9.82. The molecule has 0 aromatic carbocycles. The molecule has 1 unspecified atom stereocenters. The maximum atomic E-state index is 9.67. The lowest BCUT2D eigenvalue weighted by atomic mass is 10.0. The summed E-state index contributed by atoms with van der Waals surface area (Å²) in [4.78, 5) is 0. The lowest BCUT2D eigenvalue weighted by Gasteiger charge is -2.08. The Morgan fingerprint density at radius 3 is 1.81 bits per heavy atom. The molecule has 0 heterocycles. The average Bonchev–Trinajstić information content (AvgIpc) is 2.37. The summed E-state index contributed by atoms with van der Waals surface area (Å²) in [6.45, 7) is 14.4. The van der Waals surface area contributed by atoms with Crippen molar-refractivity contribution in [3.63, 3.8) is 0 Å². The van der Waals surface area contributed by atoms with Crippen LogP contribution in [0.25, 0.3) is 0 Å². The largest absolute Gasteiger partial charge is 0.389 e. The molecule has 120 valence electrons. The fraction of sp³-hybridized carbons (Fsp3) is 0.600. The molecular weight excluding hydrogens is 256 g/mol. The van der Waals surface area contributed by atoms with Crippen LogP contribution in [0.2, 0.25) is 0 Å². The summed E-state index contributed by atoms with van der Waals surface area (Å²) in [5, 5.41) is 9.67. The predicted octanol–water partition coefficient (Wildman–Crippen LogP) is 6.12. The molecule has 0 radical (unpaired) electrons. The van der Waals surface area contributed by atoms with E-state index in [0.717, 1.165) is 37.7 Å². The molecule has 1 atom stereocenters. The van der Waals surface area contributed by atoms with Crippen LogP contribution in [0.4, 0.5) is 0 Å². The van der Waals surface area contributed by atoms with E-state index < -0.39 is 0 Å². The van der Waals surface area contributed by atoms with Gasteiger partial charge in [0.15, 0.2) is 0 Å². The lowest BCUT2D eigenvalue weighted by Crippen LogP contribution is -2.05. The molecule has 0 rings (SSSR count). The van der Waals surface area contributed by atoms with Crippen molar-refractivity contribution in [1.82, 2.24) is 0 Å². The monoisotopic (exact) mass is 290 g/mol. The summed E-state index contributed by atoms with van der Waals surface area (Å²) in [7, 11) is 0. The van der Waals surface area contributed by atoms with Crippen LogP contribution in [-0.2, 0) is 0 Å². The van der Waals surface area contributed by atoms with E-state index >= 15 is 0 Å². The quantitative estimate of drug-likeness (QED) is 0.480. The van der Waals surface area contributed by atoms with Gasteiger partial charge in [0.25, 0.3) is 0 Å². The Bertz CT molecular complexity index is 392. The third kappa shape index (κ3) is 12.4. The smallest absolute Gasteiger partial charge is 0.0747 e. The summed E-state index contributed by atoms with van der Waals surface area (Å²) in [6, 6.07) is 0. The van der Waals surface area contributed by atoms with E-state index in [1.54, 1.807) is 0 Å². The van der Waals surface area contributed by atoms with Gasteiger partial charge in [0.1, 0.15) is 0 Å². The summed E-state index contributed by atoms with van der Waals surface area (Å²) in [6.07, 6.45) is 12.8. The van der Waals surface area contributed by atoms with Crippen molar-refractivity contribution in [3.05, 3.63) is 47.1 Å². The van der Waals surface area contributed by atoms with E-state index in [0.29, 0.717) is 0 Å². The third-order valence-corrected chi connectivity index (χ3v) is 3.62. The second-order valence-electron chi connectivity index (χ2n) is 6.40. The second-order valence-corrected chi connectivity index (χ2v) is 6.40. The zero-order chi connectivity index (χ0) is 16.3. The van der Waals surface area contributed by atoms with Gasteiger partial charge in [-0.1, -0.05) is 47.1 Å². The summed E-state index contributed by atoms with van der Waals surface area (Å²) in [5.41, 5.74) is 5.16. The summed E-state index contributed by atoms with van der Waals surface area (Å²) in [5.74, 6) is 0. The molecule has 0 spiro atoms. The van der Waals surface area contributed by atoms with Crippen molar-refractivity contribution in [3.8, 4) is 0 Å². The van der Waals surface area contributed by atoms with Gasteiger partial charge in [-0.25, -0.2) is 0 Å². The first kappa shape index (κ1) is 19.9. The van der Waals surface area contributed by atoms with Crippen molar-refractivity contribution < 1.29 is 5.11 Å². The highest BCUT2D eigenvalue weighted by atomic mass is 16.3. The summed E-state index contributed by atoms with van der Waals surface area (Å²) >= 11 is 0. The van der Waals surface area contributed by atoms with E-state index in [-0.39, 0.29) is 6.10 Å². The molecule has 0 aliphatic heterocycles. The molecule has 0 fully saturated rings. The van der Waals surface area contributed by atoms with Crippen LogP contribution in [0.5, 0.6) is 0 Å². The SMILES string of the molecule is C=C(C)C(O)CC/C=C(\C)CC/C=C(\C)CCC=C(C)C. The van der Waals surface area contributed by atoms with Gasteiger partial charge in [0, 0.05) is 0 Å². The molecule has 0 saturated carbocycles. The van der Waals surface area contributed by atoms with Crippen LogP contribution in [-0.4, -0.2) is 11.2 Å². The molecule has 0 aliphatic carbocycles. The minimum atomic E-state index is -0.355. The molecular formula is C20H34O. The molecule has 0 bridgehead atoms.